The normalized spacial score (nSPS) is 9.62. The zero-order valence-corrected chi connectivity index (χ0v) is 9.45. The molecule has 1 aromatic rings. The van der Waals surface area contributed by atoms with Gasteiger partial charge in [0.2, 0.25) is 5.91 Å². The Morgan fingerprint density at radius 3 is 2.75 bits per heavy atom. The predicted octanol–water partition coefficient (Wildman–Crippen LogP) is 1.75. The van der Waals surface area contributed by atoms with Crippen LogP contribution in [0.15, 0.2) is 24.3 Å². The molecule has 4 nitrogen and oxygen atoms in total. The molecule has 0 aromatic heterocycles. The summed E-state index contributed by atoms with van der Waals surface area (Å²) in [5.74, 6) is -0.338. The summed E-state index contributed by atoms with van der Waals surface area (Å²) < 4.78 is 4.56. The Hall–Kier alpha value is -1.84. The predicted molar refractivity (Wildman–Crippen MR) is 61.1 cm³/mol. The smallest absolute Gasteiger partial charge is 0.305 e. The quantitative estimate of drug-likeness (QED) is 0.788. The molecule has 4 heteroatoms. The Kier molecular flexibility index (Phi) is 4.51. The second kappa shape index (κ2) is 5.90. The fourth-order valence-corrected chi connectivity index (χ4v) is 1.36. The van der Waals surface area contributed by atoms with E-state index < -0.39 is 0 Å². The van der Waals surface area contributed by atoms with E-state index in [-0.39, 0.29) is 11.9 Å². The number of benzene rings is 1. The molecule has 0 bridgehead atoms. The summed E-state index contributed by atoms with van der Waals surface area (Å²) in [7, 11) is 1.37. The number of ether oxygens (including phenoxy) is 1. The average molecular weight is 221 g/mol. The van der Waals surface area contributed by atoms with Gasteiger partial charge in [0.15, 0.2) is 0 Å². The number of amides is 1. The maximum absolute atomic E-state index is 11.0. The maximum Gasteiger partial charge on any atom is 0.305 e. The molecule has 0 atom stereocenters. The van der Waals surface area contributed by atoms with Crippen LogP contribution in [-0.4, -0.2) is 19.0 Å². The van der Waals surface area contributed by atoms with E-state index in [1.54, 1.807) is 0 Å². The van der Waals surface area contributed by atoms with Crippen LogP contribution in [0.4, 0.5) is 5.69 Å². The third-order valence-electron chi connectivity index (χ3n) is 2.09. The minimum Gasteiger partial charge on any atom is -0.469 e. The number of nitrogens with one attached hydrogen (secondary N) is 1. The van der Waals surface area contributed by atoms with Gasteiger partial charge in [0.1, 0.15) is 0 Å². The van der Waals surface area contributed by atoms with Crippen molar-refractivity contribution in [2.45, 2.75) is 19.8 Å². The SMILES string of the molecule is COC(=O)CCc1cccc(NC(C)=O)c1. The molecule has 0 aliphatic rings. The number of carbonyl (C=O) groups excluding carboxylic acids is 2. The lowest BCUT2D eigenvalue weighted by Gasteiger charge is -2.05. The zero-order valence-electron chi connectivity index (χ0n) is 9.45. The average Bonchev–Trinajstić information content (AvgIpc) is 2.25. The molecule has 1 aromatic carbocycles. The number of aryl methyl sites for hydroxylation is 1. The molecule has 1 rings (SSSR count). The Morgan fingerprint density at radius 2 is 2.12 bits per heavy atom. The van der Waals surface area contributed by atoms with E-state index in [4.69, 9.17) is 0 Å². The van der Waals surface area contributed by atoms with Gasteiger partial charge in [0.25, 0.3) is 0 Å². The van der Waals surface area contributed by atoms with Crippen molar-refractivity contribution in [3.8, 4) is 0 Å². The lowest BCUT2D eigenvalue weighted by Crippen LogP contribution is -2.06. The fourth-order valence-electron chi connectivity index (χ4n) is 1.36. The fraction of sp³-hybridized carbons (Fsp3) is 0.333. The summed E-state index contributed by atoms with van der Waals surface area (Å²) >= 11 is 0. The highest BCUT2D eigenvalue weighted by molar-refractivity contribution is 5.88. The molecule has 0 saturated carbocycles. The number of esters is 1. The molecule has 0 heterocycles. The van der Waals surface area contributed by atoms with Crippen LogP contribution in [0.5, 0.6) is 0 Å². The van der Waals surface area contributed by atoms with E-state index in [1.165, 1.54) is 14.0 Å². The topological polar surface area (TPSA) is 55.4 Å². The molecular formula is C12H15NO3. The van der Waals surface area contributed by atoms with Crippen molar-refractivity contribution in [1.82, 2.24) is 0 Å². The molecule has 0 radical (unpaired) electrons. The summed E-state index contributed by atoms with van der Waals surface area (Å²) in [5.41, 5.74) is 1.74. The number of rotatable bonds is 4. The van der Waals surface area contributed by atoms with Crippen molar-refractivity contribution >= 4 is 17.6 Å². The third-order valence-corrected chi connectivity index (χ3v) is 2.09. The van der Waals surface area contributed by atoms with Gasteiger partial charge in [-0.2, -0.15) is 0 Å². The van der Waals surface area contributed by atoms with Gasteiger partial charge < -0.3 is 10.1 Å². The Balaban J connectivity index is 2.60. The van der Waals surface area contributed by atoms with Crippen LogP contribution in [0, 0.1) is 0 Å². The molecule has 0 fully saturated rings. The van der Waals surface area contributed by atoms with Crippen LogP contribution >= 0.6 is 0 Å². The number of hydrogen-bond acceptors (Lipinski definition) is 3. The number of anilines is 1. The molecule has 0 spiro atoms. The van der Waals surface area contributed by atoms with E-state index in [9.17, 15) is 9.59 Å². The standard InChI is InChI=1S/C12H15NO3/c1-9(14)13-11-5-3-4-10(8-11)6-7-12(15)16-2/h3-5,8H,6-7H2,1-2H3,(H,13,14). The summed E-state index contributed by atoms with van der Waals surface area (Å²) in [6, 6.07) is 7.42. The van der Waals surface area contributed by atoms with Gasteiger partial charge in [-0.1, -0.05) is 12.1 Å². The molecule has 86 valence electrons. The second-order valence-electron chi connectivity index (χ2n) is 3.46. The van der Waals surface area contributed by atoms with Crippen LogP contribution in [0.25, 0.3) is 0 Å². The minimum atomic E-state index is -0.232. The highest BCUT2D eigenvalue weighted by atomic mass is 16.5. The first-order chi connectivity index (χ1) is 7.61. The lowest BCUT2D eigenvalue weighted by molar-refractivity contribution is -0.140. The van der Waals surface area contributed by atoms with E-state index in [0.29, 0.717) is 12.8 Å². The first kappa shape index (κ1) is 12.2. The van der Waals surface area contributed by atoms with Crippen LogP contribution in [-0.2, 0) is 20.7 Å². The van der Waals surface area contributed by atoms with E-state index in [1.807, 2.05) is 24.3 Å². The Morgan fingerprint density at radius 1 is 1.38 bits per heavy atom. The van der Waals surface area contributed by atoms with Gasteiger partial charge in [0, 0.05) is 19.0 Å². The largest absolute Gasteiger partial charge is 0.469 e. The van der Waals surface area contributed by atoms with Crippen LogP contribution in [0.2, 0.25) is 0 Å². The number of carbonyl (C=O) groups is 2. The van der Waals surface area contributed by atoms with Crippen molar-refractivity contribution in [2.75, 3.05) is 12.4 Å². The molecule has 0 unspecified atom stereocenters. The third kappa shape index (κ3) is 4.13. The number of methoxy groups -OCH3 is 1. The van der Waals surface area contributed by atoms with Gasteiger partial charge in [-0.3, -0.25) is 9.59 Å². The molecule has 0 saturated heterocycles. The van der Waals surface area contributed by atoms with Crippen molar-refractivity contribution < 1.29 is 14.3 Å². The molecule has 0 aliphatic carbocycles. The van der Waals surface area contributed by atoms with Gasteiger partial charge in [-0.05, 0) is 24.1 Å². The van der Waals surface area contributed by atoms with Gasteiger partial charge >= 0.3 is 5.97 Å². The summed E-state index contributed by atoms with van der Waals surface area (Å²) in [6.45, 7) is 1.46. The van der Waals surface area contributed by atoms with Gasteiger partial charge in [0.05, 0.1) is 7.11 Å². The Bertz CT molecular complexity index is 388. The van der Waals surface area contributed by atoms with Crippen LogP contribution in [0.3, 0.4) is 0 Å². The van der Waals surface area contributed by atoms with E-state index in [2.05, 4.69) is 10.1 Å². The van der Waals surface area contributed by atoms with Gasteiger partial charge in [-0.15, -0.1) is 0 Å². The van der Waals surface area contributed by atoms with Crippen molar-refractivity contribution in [1.29, 1.82) is 0 Å². The highest BCUT2D eigenvalue weighted by Gasteiger charge is 2.02. The van der Waals surface area contributed by atoms with Crippen LogP contribution in [0.1, 0.15) is 18.9 Å². The van der Waals surface area contributed by atoms with Gasteiger partial charge in [-0.25, -0.2) is 0 Å². The van der Waals surface area contributed by atoms with Crippen molar-refractivity contribution in [3.05, 3.63) is 29.8 Å². The molecular weight excluding hydrogens is 206 g/mol. The summed E-state index contributed by atoms with van der Waals surface area (Å²) in [4.78, 5) is 21.8. The van der Waals surface area contributed by atoms with E-state index >= 15 is 0 Å². The Labute approximate surface area is 94.6 Å². The van der Waals surface area contributed by atoms with Crippen molar-refractivity contribution in [2.24, 2.45) is 0 Å². The first-order valence-corrected chi connectivity index (χ1v) is 5.05. The summed E-state index contributed by atoms with van der Waals surface area (Å²) in [6.07, 6.45) is 0.958. The lowest BCUT2D eigenvalue weighted by atomic mass is 10.1. The summed E-state index contributed by atoms with van der Waals surface area (Å²) in [5, 5.41) is 2.69. The minimum absolute atomic E-state index is 0.106. The highest BCUT2D eigenvalue weighted by Crippen LogP contribution is 2.12. The van der Waals surface area contributed by atoms with Crippen molar-refractivity contribution in [3.63, 3.8) is 0 Å². The maximum atomic E-state index is 11.0. The molecule has 1 amide bonds. The number of hydrogen-bond donors (Lipinski definition) is 1. The zero-order chi connectivity index (χ0) is 12.0. The molecule has 1 N–H and O–H groups in total. The molecule has 16 heavy (non-hydrogen) atoms. The van der Waals surface area contributed by atoms with Crippen LogP contribution < -0.4 is 5.32 Å². The second-order valence-corrected chi connectivity index (χ2v) is 3.46. The van der Waals surface area contributed by atoms with E-state index in [0.717, 1.165) is 11.3 Å². The molecule has 0 aliphatic heterocycles. The first-order valence-electron chi connectivity index (χ1n) is 5.05. The monoisotopic (exact) mass is 221 g/mol.